The third kappa shape index (κ3) is 5.42. The van der Waals surface area contributed by atoms with Crippen molar-refractivity contribution in [2.75, 3.05) is 43.0 Å². The standard InChI is InChI=1S/C29H31Cl2FN4O3/c1-17-9-10-35(14-17)25-11-18(7-8-24(25)34(3)28(38)26-20(30)5-4-6-22(26)32)19-12-23(33-13-21(19)31)27(37)36-15-29(2,39)16-36/h6-8,11-13,17,39H,4-5,9-10,14-16H2,1-3H3. The van der Waals surface area contributed by atoms with E-state index >= 15 is 0 Å². The van der Waals surface area contributed by atoms with Crippen LogP contribution in [0.15, 0.2) is 53.0 Å². The summed E-state index contributed by atoms with van der Waals surface area (Å²) in [4.78, 5) is 35.8. The molecule has 0 bridgehead atoms. The average molecular weight is 573 g/mol. The first kappa shape index (κ1) is 27.6. The minimum absolute atomic E-state index is 0.0967. The second-order valence-electron chi connectivity index (χ2n) is 11.0. The van der Waals surface area contributed by atoms with Crippen LogP contribution >= 0.6 is 23.2 Å². The predicted octanol–water partition coefficient (Wildman–Crippen LogP) is 5.56. The quantitative estimate of drug-likeness (QED) is 0.507. The zero-order chi connectivity index (χ0) is 28.1. The molecule has 1 N–H and O–H groups in total. The highest BCUT2D eigenvalue weighted by Gasteiger charge is 2.40. The zero-order valence-corrected chi connectivity index (χ0v) is 23.7. The molecule has 1 aromatic heterocycles. The Balaban J connectivity index is 1.52. The van der Waals surface area contributed by atoms with Gasteiger partial charge in [-0.05, 0) is 61.9 Å². The zero-order valence-electron chi connectivity index (χ0n) is 22.2. The van der Waals surface area contributed by atoms with Crippen LogP contribution in [0.3, 0.4) is 0 Å². The Hall–Kier alpha value is -2.94. The molecule has 0 spiro atoms. The van der Waals surface area contributed by atoms with Gasteiger partial charge in [0.2, 0.25) is 0 Å². The molecular weight excluding hydrogens is 542 g/mol. The summed E-state index contributed by atoms with van der Waals surface area (Å²) in [5.41, 5.74) is 2.07. The first-order chi connectivity index (χ1) is 18.4. The number of hydrogen-bond acceptors (Lipinski definition) is 5. The number of pyridine rings is 1. The number of carbonyl (C=O) groups excluding carboxylic acids is 2. The van der Waals surface area contributed by atoms with Crippen molar-refractivity contribution >= 4 is 46.4 Å². The molecular formula is C29H31Cl2FN4O3. The molecule has 1 aromatic carbocycles. The van der Waals surface area contributed by atoms with Gasteiger partial charge in [-0.15, -0.1) is 0 Å². The summed E-state index contributed by atoms with van der Waals surface area (Å²) in [5, 5.41) is 10.6. The summed E-state index contributed by atoms with van der Waals surface area (Å²) < 4.78 is 14.6. The van der Waals surface area contributed by atoms with Gasteiger partial charge in [-0.1, -0.05) is 36.2 Å². The smallest absolute Gasteiger partial charge is 0.272 e. The van der Waals surface area contributed by atoms with E-state index < -0.39 is 17.3 Å². The Bertz CT molecular complexity index is 1400. The van der Waals surface area contributed by atoms with Crippen molar-refractivity contribution in [3.63, 3.8) is 0 Å². The van der Waals surface area contributed by atoms with E-state index in [-0.39, 0.29) is 35.3 Å². The first-order valence-electron chi connectivity index (χ1n) is 13.0. The largest absolute Gasteiger partial charge is 0.386 e. The van der Waals surface area contributed by atoms with Crippen molar-refractivity contribution < 1.29 is 19.1 Å². The van der Waals surface area contributed by atoms with Crippen molar-refractivity contribution in [3.8, 4) is 11.1 Å². The Morgan fingerprint density at radius 3 is 2.62 bits per heavy atom. The molecule has 2 saturated heterocycles. The minimum atomic E-state index is -0.886. The van der Waals surface area contributed by atoms with Crippen molar-refractivity contribution in [1.29, 1.82) is 0 Å². The summed E-state index contributed by atoms with van der Waals surface area (Å²) in [6.45, 7) is 5.96. The fourth-order valence-corrected chi connectivity index (χ4v) is 5.91. The van der Waals surface area contributed by atoms with E-state index in [0.29, 0.717) is 35.0 Å². The number of nitrogens with zero attached hydrogens (tertiary/aromatic N) is 4. The maximum atomic E-state index is 14.6. The maximum Gasteiger partial charge on any atom is 0.272 e. The lowest BCUT2D eigenvalue weighted by atomic mass is 9.96. The normalized spacial score (nSPS) is 20.6. The molecule has 2 aliphatic heterocycles. The van der Waals surface area contributed by atoms with Crippen molar-refractivity contribution in [2.45, 2.75) is 38.7 Å². The number of amides is 2. The molecule has 0 saturated carbocycles. The number of likely N-dealkylation sites (tertiary alicyclic amines) is 1. The lowest BCUT2D eigenvalue weighted by Crippen LogP contribution is -2.61. The summed E-state index contributed by atoms with van der Waals surface area (Å²) in [5.74, 6) is -0.904. The molecule has 2 amide bonds. The summed E-state index contributed by atoms with van der Waals surface area (Å²) >= 11 is 12.8. The van der Waals surface area contributed by atoms with E-state index in [1.165, 1.54) is 17.2 Å². The van der Waals surface area contributed by atoms with Crippen LogP contribution in [-0.4, -0.2) is 65.6 Å². The van der Waals surface area contributed by atoms with E-state index in [0.717, 1.165) is 30.8 Å². The predicted molar refractivity (Wildman–Crippen MR) is 152 cm³/mol. The van der Waals surface area contributed by atoms with Crippen molar-refractivity contribution in [2.24, 2.45) is 5.92 Å². The maximum absolute atomic E-state index is 14.6. The van der Waals surface area contributed by atoms with Crippen molar-refractivity contribution in [3.05, 3.63) is 63.7 Å². The van der Waals surface area contributed by atoms with Crippen molar-refractivity contribution in [1.82, 2.24) is 9.88 Å². The molecule has 39 heavy (non-hydrogen) atoms. The molecule has 3 heterocycles. The van der Waals surface area contributed by atoms with Gasteiger partial charge in [0.1, 0.15) is 11.5 Å². The van der Waals surface area contributed by atoms with Crippen LogP contribution in [0, 0.1) is 5.92 Å². The summed E-state index contributed by atoms with van der Waals surface area (Å²) in [6.07, 6.45) is 4.74. The lowest BCUT2D eigenvalue weighted by molar-refractivity contribution is -0.114. The van der Waals surface area contributed by atoms with Gasteiger partial charge in [-0.2, -0.15) is 0 Å². The molecule has 3 aliphatic rings. The monoisotopic (exact) mass is 572 g/mol. The fraction of sp³-hybridized carbons (Fsp3) is 0.414. The molecule has 1 atom stereocenters. The second-order valence-corrected chi connectivity index (χ2v) is 11.8. The summed E-state index contributed by atoms with van der Waals surface area (Å²) in [6, 6.07) is 7.25. The van der Waals surface area contributed by atoms with Crippen LogP contribution in [0.25, 0.3) is 11.1 Å². The molecule has 1 aliphatic carbocycles. The SMILES string of the molecule is CC1CCN(c2cc(-c3cc(C(=O)N4CC(C)(O)C4)ncc3Cl)ccc2N(C)C(=O)C2=C(Cl)CCC=C2F)C1. The van der Waals surface area contributed by atoms with E-state index in [1.807, 2.05) is 18.2 Å². The number of rotatable bonds is 5. The van der Waals surface area contributed by atoms with Crippen LogP contribution in [0.5, 0.6) is 0 Å². The Morgan fingerprint density at radius 1 is 1.23 bits per heavy atom. The number of aromatic nitrogens is 1. The molecule has 7 nitrogen and oxygen atoms in total. The van der Waals surface area contributed by atoms with Gasteiger partial charge in [0, 0.05) is 36.9 Å². The van der Waals surface area contributed by atoms with Crippen LogP contribution in [0.2, 0.25) is 5.02 Å². The summed E-state index contributed by atoms with van der Waals surface area (Å²) in [7, 11) is 1.62. The van der Waals surface area contributed by atoms with Gasteiger partial charge in [-0.3, -0.25) is 9.59 Å². The highest BCUT2D eigenvalue weighted by atomic mass is 35.5. The number of carbonyl (C=O) groups is 2. The van der Waals surface area contributed by atoms with Crippen LogP contribution in [0.4, 0.5) is 15.8 Å². The molecule has 2 aromatic rings. The van der Waals surface area contributed by atoms with E-state index in [9.17, 15) is 19.1 Å². The van der Waals surface area contributed by atoms with Gasteiger partial charge >= 0.3 is 0 Å². The van der Waals surface area contributed by atoms with E-state index in [4.69, 9.17) is 23.2 Å². The van der Waals surface area contributed by atoms with Gasteiger partial charge in [0.05, 0.1) is 40.7 Å². The average Bonchev–Trinajstić information content (AvgIpc) is 3.32. The third-order valence-electron chi connectivity index (χ3n) is 7.55. The minimum Gasteiger partial charge on any atom is -0.386 e. The highest BCUT2D eigenvalue weighted by Crippen LogP contribution is 2.40. The van der Waals surface area contributed by atoms with Crippen LogP contribution in [0.1, 0.15) is 43.6 Å². The number of likely N-dealkylation sites (N-methyl/N-ethyl adjacent to an activating group) is 1. The number of β-amino-alcohol motifs (C(OH)–C–C–N with tert-alkyl or cyclic N) is 1. The number of aliphatic hydroxyl groups is 1. The van der Waals surface area contributed by atoms with Gasteiger partial charge in [0.15, 0.2) is 0 Å². The Labute approximate surface area is 237 Å². The topological polar surface area (TPSA) is 77.0 Å². The lowest BCUT2D eigenvalue weighted by Gasteiger charge is -2.43. The molecule has 10 heteroatoms. The van der Waals surface area contributed by atoms with Gasteiger partial charge in [0.25, 0.3) is 11.8 Å². The van der Waals surface area contributed by atoms with Gasteiger partial charge in [-0.25, -0.2) is 9.37 Å². The Morgan fingerprint density at radius 2 is 1.97 bits per heavy atom. The van der Waals surface area contributed by atoms with Crippen LogP contribution < -0.4 is 9.80 Å². The number of anilines is 2. The number of hydrogen-bond donors (Lipinski definition) is 1. The molecule has 1 unspecified atom stereocenters. The molecule has 0 radical (unpaired) electrons. The third-order valence-corrected chi connectivity index (χ3v) is 8.23. The van der Waals surface area contributed by atoms with Gasteiger partial charge < -0.3 is 19.8 Å². The molecule has 206 valence electrons. The number of allylic oxidation sites excluding steroid dienone is 2. The van der Waals surface area contributed by atoms with E-state index in [2.05, 4.69) is 16.8 Å². The molecule has 5 rings (SSSR count). The first-order valence-corrected chi connectivity index (χ1v) is 13.8. The number of benzene rings is 1. The second kappa shape index (κ2) is 10.6. The highest BCUT2D eigenvalue weighted by molar-refractivity contribution is 6.34. The molecule has 2 fully saturated rings. The fourth-order valence-electron chi connectivity index (χ4n) is 5.42. The van der Waals surface area contributed by atoms with Crippen LogP contribution in [-0.2, 0) is 4.79 Å². The van der Waals surface area contributed by atoms with E-state index in [1.54, 1.807) is 24.9 Å². The number of halogens is 3. The Kier molecular flexibility index (Phi) is 7.48.